The number of hydrogen-bond acceptors (Lipinski definition) is 6. The number of quaternary nitrogens is 1. The highest BCUT2D eigenvalue weighted by atomic mass is 31.2. The predicted octanol–water partition coefficient (Wildman–Crippen LogP) is 20.3. The molecule has 0 fully saturated rings. The molecule has 1 amide bonds. The van der Waals surface area contributed by atoms with Crippen LogP contribution in [0.4, 0.5) is 0 Å². The van der Waals surface area contributed by atoms with Crippen LogP contribution in [0, 0.1) is 0 Å². The van der Waals surface area contributed by atoms with Gasteiger partial charge in [-0.1, -0.05) is 253 Å². The summed E-state index contributed by atoms with van der Waals surface area (Å²) in [7, 11) is 1.47. The van der Waals surface area contributed by atoms with Gasteiger partial charge in [0, 0.05) is 12.8 Å². The van der Waals surface area contributed by atoms with Crippen LogP contribution in [0.15, 0.2) is 97.2 Å². The highest BCUT2D eigenvalue weighted by molar-refractivity contribution is 7.47. The van der Waals surface area contributed by atoms with Gasteiger partial charge in [-0.05, 0) is 109 Å². The number of carbonyl (C=O) groups excluding carboxylic acids is 2. The second-order valence-corrected chi connectivity index (χ2v) is 24.4. The Labute approximate surface area is 488 Å². The molecule has 79 heavy (non-hydrogen) atoms. The van der Waals surface area contributed by atoms with Gasteiger partial charge < -0.3 is 19.4 Å². The number of phosphoric acid groups is 1. The standard InChI is InChI=1S/C69H123N2O7P/c1-7-10-13-16-19-22-25-28-30-32-34-35-37-39-41-44-47-50-53-56-59-62-69(73)78-67(60-57-54-51-48-45-42-27-24-21-18-15-12-9-3)66(65-77-79(74,75)76-64-63-71(4,5)6)70-68(72)61-58-55-52-49-46-43-40-38-36-33-31-29-26-23-20-17-14-11-8-2/h10,13,19-20,22-23,28-31,34-35,39,41,57,60,66-67H,7-9,11-12,14-18,21,24-27,32-33,36-38,40,42-56,58-59,61-65H2,1-6H3,(H-,70,72,74,75)/p+1/b13-10-,22-19-,23-20-,30-28-,31-29-,35-34-,41-39-,60-57+. The molecule has 0 saturated heterocycles. The van der Waals surface area contributed by atoms with E-state index in [4.69, 9.17) is 13.8 Å². The van der Waals surface area contributed by atoms with E-state index in [0.717, 1.165) is 122 Å². The second kappa shape index (κ2) is 58.1. The lowest BCUT2D eigenvalue weighted by molar-refractivity contribution is -0.870. The molecule has 0 spiro atoms. The third kappa shape index (κ3) is 59.4. The summed E-state index contributed by atoms with van der Waals surface area (Å²) >= 11 is 0. The number of nitrogens with zero attached hydrogens (tertiary/aromatic N) is 1. The van der Waals surface area contributed by atoms with E-state index < -0.39 is 20.0 Å². The zero-order valence-corrected chi connectivity index (χ0v) is 53.0. The maximum atomic E-state index is 13.6. The van der Waals surface area contributed by atoms with Crippen molar-refractivity contribution < 1.29 is 37.3 Å². The molecule has 0 aromatic heterocycles. The van der Waals surface area contributed by atoms with Crippen molar-refractivity contribution in [2.45, 2.75) is 290 Å². The molecule has 0 bridgehead atoms. The molecule has 0 aliphatic carbocycles. The fourth-order valence-corrected chi connectivity index (χ4v) is 9.73. The number of phosphoric ester groups is 1. The molecule has 9 nitrogen and oxygen atoms in total. The predicted molar refractivity (Wildman–Crippen MR) is 341 cm³/mol. The minimum atomic E-state index is -4.46. The van der Waals surface area contributed by atoms with Crippen molar-refractivity contribution in [2.75, 3.05) is 40.9 Å². The van der Waals surface area contributed by atoms with Crippen LogP contribution >= 0.6 is 7.82 Å². The van der Waals surface area contributed by atoms with Gasteiger partial charge in [0.05, 0.1) is 33.8 Å². The van der Waals surface area contributed by atoms with Gasteiger partial charge in [-0.3, -0.25) is 18.6 Å². The van der Waals surface area contributed by atoms with Crippen LogP contribution in [-0.4, -0.2) is 74.3 Å². The van der Waals surface area contributed by atoms with E-state index in [1.165, 1.54) is 116 Å². The zero-order valence-electron chi connectivity index (χ0n) is 52.1. The molecule has 0 aromatic carbocycles. The third-order valence-electron chi connectivity index (χ3n) is 14.0. The van der Waals surface area contributed by atoms with Gasteiger partial charge >= 0.3 is 13.8 Å². The molecule has 3 unspecified atom stereocenters. The van der Waals surface area contributed by atoms with E-state index in [-0.39, 0.29) is 31.5 Å². The maximum Gasteiger partial charge on any atom is 0.472 e. The van der Waals surface area contributed by atoms with Crippen molar-refractivity contribution in [1.82, 2.24) is 5.32 Å². The number of nitrogens with one attached hydrogen (secondary N) is 1. The van der Waals surface area contributed by atoms with Gasteiger partial charge in [-0.15, -0.1) is 0 Å². The van der Waals surface area contributed by atoms with E-state index in [0.29, 0.717) is 23.9 Å². The molecular formula is C69H124N2O7P+. The Hall–Kier alpha value is -3.07. The summed E-state index contributed by atoms with van der Waals surface area (Å²) in [5.74, 6) is -0.532. The van der Waals surface area contributed by atoms with Gasteiger partial charge in [0.1, 0.15) is 19.3 Å². The molecule has 0 rings (SSSR count). The fraction of sp³-hybridized carbons (Fsp3) is 0.739. The van der Waals surface area contributed by atoms with Crippen LogP contribution in [-0.2, 0) is 27.9 Å². The summed E-state index contributed by atoms with van der Waals surface area (Å²) in [6.07, 6.45) is 78.3. The Morgan fingerprint density at radius 3 is 1.24 bits per heavy atom. The summed E-state index contributed by atoms with van der Waals surface area (Å²) in [6, 6.07) is -0.865. The highest BCUT2D eigenvalue weighted by Crippen LogP contribution is 2.43. The zero-order chi connectivity index (χ0) is 57.9. The number of carbonyl (C=O) groups is 2. The molecular weight excluding hydrogens is 1000 g/mol. The quantitative estimate of drug-likeness (QED) is 0.0205. The van der Waals surface area contributed by atoms with E-state index in [2.05, 4.69) is 111 Å². The van der Waals surface area contributed by atoms with Crippen LogP contribution in [0.1, 0.15) is 278 Å². The largest absolute Gasteiger partial charge is 0.472 e. The molecule has 456 valence electrons. The summed E-state index contributed by atoms with van der Waals surface area (Å²) in [5, 5.41) is 3.06. The van der Waals surface area contributed by atoms with E-state index in [1.54, 1.807) is 0 Å². The van der Waals surface area contributed by atoms with E-state index in [9.17, 15) is 19.0 Å². The Morgan fingerprint density at radius 2 is 0.810 bits per heavy atom. The SMILES string of the molecule is CC/C=C\C/C=C\C/C=C\C/C=C\C/C=C\CCCCCCCC(=O)OC(/C=C/CCCCCCCCCCCCC)C(COP(=O)(O)OCC[N+](C)(C)C)NC(=O)CCCCCCCCCCC/C=C\C/C=C\CCCCC. The van der Waals surface area contributed by atoms with Gasteiger partial charge in [0.2, 0.25) is 5.91 Å². The van der Waals surface area contributed by atoms with Crippen LogP contribution in [0.2, 0.25) is 0 Å². The Morgan fingerprint density at radius 1 is 0.456 bits per heavy atom. The van der Waals surface area contributed by atoms with Gasteiger partial charge in [-0.2, -0.15) is 0 Å². The number of ether oxygens (including phenoxy) is 1. The Bertz CT molecular complexity index is 1670. The molecule has 2 N–H and O–H groups in total. The van der Waals surface area contributed by atoms with Crippen molar-refractivity contribution >= 4 is 19.7 Å². The van der Waals surface area contributed by atoms with Crippen LogP contribution in [0.3, 0.4) is 0 Å². The van der Waals surface area contributed by atoms with Crippen molar-refractivity contribution in [3.8, 4) is 0 Å². The molecule has 0 heterocycles. The second-order valence-electron chi connectivity index (χ2n) is 22.9. The first kappa shape index (κ1) is 75.9. The van der Waals surface area contributed by atoms with E-state index >= 15 is 0 Å². The molecule has 0 aliphatic heterocycles. The van der Waals surface area contributed by atoms with Gasteiger partial charge in [0.15, 0.2) is 0 Å². The number of hydrogen-bond donors (Lipinski definition) is 2. The molecule has 3 atom stereocenters. The first-order valence-electron chi connectivity index (χ1n) is 32.6. The molecule has 0 aliphatic rings. The maximum absolute atomic E-state index is 13.6. The molecule has 0 saturated carbocycles. The number of amides is 1. The average Bonchev–Trinajstić information content (AvgIpc) is 3.41. The minimum absolute atomic E-state index is 0.0319. The number of rotatable bonds is 58. The smallest absolute Gasteiger partial charge is 0.456 e. The van der Waals surface area contributed by atoms with Crippen molar-refractivity contribution in [3.63, 3.8) is 0 Å². The lowest BCUT2D eigenvalue weighted by Gasteiger charge is -2.27. The molecule has 10 heteroatoms. The van der Waals surface area contributed by atoms with E-state index in [1.807, 2.05) is 33.3 Å². The third-order valence-corrected chi connectivity index (χ3v) is 15.0. The van der Waals surface area contributed by atoms with Crippen LogP contribution in [0.25, 0.3) is 0 Å². The Kier molecular flexibility index (Phi) is 55.9. The number of unbranched alkanes of at least 4 members (excludes halogenated alkanes) is 28. The number of likely N-dealkylation sites (N-methyl/N-ethyl adjacent to an activating group) is 1. The minimum Gasteiger partial charge on any atom is -0.456 e. The summed E-state index contributed by atoms with van der Waals surface area (Å²) in [6.45, 7) is 6.87. The number of esters is 1. The van der Waals surface area contributed by atoms with Crippen LogP contribution in [0.5, 0.6) is 0 Å². The molecule has 0 aromatic rings. The van der Waals surface area contributed by atoms with Crippen molar-refractivity contribution in [2.24, 2.45) is 0 Å². The first-order valence-corrected chi connectivity index (χ1v) is 34.1. The lowest BCUT2D eigenvalue weighted by atomic mass is 10.0. The van der Waals surface area contributed by atoms with Crippen LogP contribution < -0.4 is 5.32 Å². The number of allylic oxidation sites excluding steroid dienone is 15. The average molecular weight is 1120 g/mol. The van der Waals surface area contributed by atoms with Crippen molar-refractivity contribution in [1.29, 1.82) is 0 Å². The van der Waals surface area contributed by atoms with Gasteiger partial charge in [0.25, 0.3) is 0 Å². The fourth-order valence-electron chi connectivity index (χ4n) is 9.00. The monoisotopic (exact) mass is 1120 g/mol. The summed E-state index contributed by atoms with van der Waals surface area (Å²) < 4.78 is 30.7. The summed E-state index contributed by atoms with van der Waals surface area (Å²) in [5.41, 5.74) is 0. The lowest BCUT2D eigenvalue weighted by Crippen LogP contribution is -2.47. The molecule has 0 radical (unpaired) electrons. The Balaban J connectivity index is 5.29. The first-order chi connectivity index (χ1) is 38.4. The highest BCUT2D eigenvalue weighted by Gasteiger charge is 2.30. The van der Waals surface area contributed by atoms with Gasteiger partial charge in [-0.25, -0.2) is 4.57 Å². The summed E-state index contributed by atoms with van der Waals surface area (Å²) in [4.78, 5) is 37.8. The van der Waals surface area contributed by atoms with Crippen molar-refractivity contribution in [3.05, 3.63) is 97.2 Å². The topological polar surface area (TPSA) is 111 Å². The normalized spacial score (nSPS) is 14.3.